The normalized spacial score (nSPS) is 15.0. The summed E-state index contributed by atoms with van der Waals surface area (Å²) in [7, 11) is -3.94. The van der Waals surface area contributed by atoms with E-state index in [2.05, 4.69) is 4.98 Å². The second-order valence-corrected chi connectivity index (χ2v) is 8.33. The maximum absolute atomic E-state index is 13.8. The summed E-state index contributed by atoms with van der Waals surface area (Å²) in [5.74, 6) is -1.69. The molecule has 0 bridgehead atoms. The molecule has 2 rings (SSSR count). The Morgan fingerprint density at radius 2 is 1.69 bits per heavy atom. The van der Waals surface area contributed by atoms with Gasteiger partial charge in [0.25, 0.3) is 5.91 Å². The number of hydrogen-bond acceptors (Lipinski definition) is 5. The summed E-state index contributed by atoms with van der Waals surface area (Å²) in [5, 5.41) is 11.9. The monoisotopic (exact) mass is 434 g/mol. The third-order valence-electron chi connectivity index (χ3n) is 4.05. The van der Waals surface area contributed by atoms with E-state index in [0.717, 1.165) is 6.26 Å². The topological polar surface area (TPSA) is 96.4 Å². The molecule has 2 N–H and O–H groups in total. The van der Waals surface area contributed by atoms with Crippen molar-refractivity contribution in [1.82, 2.24) is 10.3 Å². The zero-order chi connectivity index (χ0) is 21.8. The van der Waals surface area contributed by atoms with Crippen LogP contribution >= 0.6 is 0 Å². The number of sulfone groups is 1. The molecule has 1 heterocycles. The molecule has 1 aromatic heterocycles. The lowest BCUT2D eigenvalue weighted by Crippen LogP contribution is -2.43. The van der Waals surface area contributed by atoms with Crippen LogP contribution in [0, 0.1) is 0 Å². The number of carbonyl (C=O) groups excluding carboxylic acids is 1. The first-order valence-corrected chi connectivity index (χ1v) is 10.2. The molecule has 0 aliphatic carbocycles. The van der Waals surface area contributed by atoms with Crippen LogP contribution < -0.4 is 5.32 Å². The highest BCUT2D eigenvalue weighted by atomic mass is 32.2. The fourth-order valence-electron chi connectivity index (χ4n) is 2.48. The van der Waals surface area contributed by atoms with Crippen molar-refractivity contribution in [3.63, 3.8) is 0 Å². The van der Waals surface area contributed by atoms with Crippen LogP contribution in [0.25, 0.3) is 11.1 Å². The Bertz CT molecular complexity index is 937. The van der Waals surface area contributed by atoms with Crippen LogP contribution in [0.2, 0.25) is 0 Å². The van der Waals surface area contributed by atoms with Crippen LogP contribution in [0.3, 0.4) is 0 Å². The number of alkyl halides is 4. The lowest BCUT2D eigenvalue weighted by molar-refractivity contribution is -0.133. The maximum atomic E-state index is 13.8. The number of halogens is 4. The van der Waals surface area contributed by atoms with Crippen molar-refractivity contribution >= 4 is 15.7 Å². The average molecular weight is 434 g/mol. The van der Waals surface area contributed by atoms with Gasteiger partial charge in [-0.3, -0.25) is 9.78 Å². The number of aliphatic hydroxyl groups excluding tert-OH is 1. The molecule has 6 nitrogen and oxygen atoms in total. The van der Waals surface area contributed by atoms with Gasteiger partial charge in [0, 0.05) is 18.0 Å². The van der Waals surface area contributed by atoms with Gasteiger partial charge in [0.1, 0.15) is 12.8 Å². The van der Waals surface area contributed by atoms with E-state index in [4.69, 9.17) is 0 Å². The second-order valence-electron chi connectivity index (χ2n) is 6.25. The number of aromatic nitrogens is 1. The molecule has 0 radical (unpaired) electrons. The van der Waals surface area contributed by atoms with E-state index < -0.39 is 46.5 Å². The standard InChI is InChI=1S/C18H18F4N2O4S/c1-29(27,28)17(22)13-7-6-12(9-23-13)10-2-4-11(5-3-10)15(25)14(8-19)24-18(26)16(20)21/h2-7,9,14-17,25H,8H2,1H3,(H,24,26). The molecule has 29 heavy (non-hydrogen) atoms. The van der Waals surface area contributed by atoms with Gasteiger partial charge in [0.15, 0.2) is 9.84 Å². The molecule has 0 aliphatic rings. The van der Waals surface area contributed by atoms with E-state index in [1.54, 1.807) is 5.32 Å². The fourth-order valence-corrected chi connectivity index (χ4v) is 3.06. The number of hydrogen-bond donors (Lipinski definition) is 2. The number of rotatable bonds is 8. The molecule has 158 valence electrons. The molecule has 0 saturated carbocycles. The Balaban J connectivity index is 2.16. The van der Waals surface area contributed by atoms with Crippen LogP contribution in [0.4, 0.5) is 17.6 Å². The summed E-state index contributed by atoms with van der Waals surface area (Å²) in [5.41, 5.74) is -1.23. The molecule has 0 fully saturated rings. The summed E-state index contributed by atoms with van der Waals surface area (Å²) in [6.45, 7) is -1.25. The molecule has 3 atom stereocenters. The minimum Gasteiger partial charge on any atom is -0.386 e. The van der Waals surface area contributed by atoms with Crippen molar-refractivity contribution in [2.24, 2.45) is 0 Å². The van der Waals surface area contributed by atoms with Crippen LogP contribution in [0.5, 0.6) is 0 Å². The molecule has 0 saturated heterocycles. The zero-order valence-electron chi connectivity index (χ0n) is 15.1. The summed E-state index contributed by atoms with van der Waals surface area (Å²) in [4.78, 5) is 14.8. The largest absolute Gasteiger partial charge is 0.386 e. The van der Waals surface area contributed by atoms with E-state index in [9.17, 15) is 35.9 Å². The van der Waals surface area contributed by atoms with Crippen molar-refractivity contribution < 1.29 is 35.9 Å². The van der Waals surface area contributed by atoms with Gasteiger partial charge in [-0.15, -0.1) is 0 Å². The van der Waals surface area contributed by atoms with Gasteiger partial charge in [-0.05, 0) is 17.2 Å². The van der Waals surface area contributed by atoms with Crippen LogP contribution in [0.1, 0.15) is 22.9 Å². The van der Waals surface area contributed by atoms with Crippen molar-refractivity contribution in [3.05, 3.63) is 53.9 Å². The summed E-state index contributed by atoms with van der Waals surface area (Å²) in [6, 6.07) is 6.98. The van der Waals surface area contributed by atoms with Gasteiger partial charge in [0.2, 0.25) is 5.50 Å². The first kappa shape index (κ1) is 22.8. The number of aliphatic hydroxyl groups is 1. The van der Waals surface area contributed by atoms with Crippen LogP contribution in [-0.2, 0) is 14.6 Å². The van der Waals surface area contributed by atoms with Crippen molar-refractivity contribution in [2.45, 2.75) is 24.1 Å². The van der Waals surface area contributed by atoms with Crippen molar-refractivity contribution in [3.8, 4) is 11.1 Å². The summed E-state index contributed by atoms with van der Waals surface area (Å²) < 4.78 is 73.9. The minimum absolute atomic E-state index is 0.177. The number of pyridine rings is 1. The number of carbonyl (C=O) groups is 1. The van der Waals surface area contributed by atoms with E-state index in [-0.39, 0.29) is 11.3 Å². The molecular formula is C18H18F4N2O4S. The van der Waals surface area contributed by atoms with Crippen LogP contribution in [-0.4, -0.2) is 49.8 Å². The number of benzene rings is 1. The molecule has 0 aliphatic heterocycles. The highest BCUT2D eigenvalue weighted by molar-refractivity contribution is 7.90. The highest BCUT2D eigenvalue weighted by Gasteiger charge is 2.26. The first-order chi connectivity index (χ1) is 13.5. The predicted octanol–water partition coefficient (Wildman–Crippen LogP) is 2.51. The van der Waals surface area contributed by atoms with Gasteiger partial charge in [-0.2, -0.15) is 8.78 Å². The SMILES string of the molecule is CS(=O)(=O)C(F)c1ccc(-c2ccc(C(O)C(CF)NC(=O)C(F)F)cc2)cn1. The number of nitrogens with one attached hydrogen (secondary N) is 1. The third kappa shape index (κ3) is 5.73. The molecule has 0 spiro atoms. The van der Waals surface area contributed by atoms with Gasteiger partial charge in [0.05, 0.1) is 11.7 Å². The number of amides is 1. The number of nitrogens with zero attached hydrogens (tertiary/aromatic N) is 1. The van der Waals surface area contributed by atoms with Gasteiger partial charge >= 0.3 is 6.43 Å². The van der Waals surface area contributed by atoms with Crippen molar-refractivity contribution in [1.29, 1.82) is 0 Å². The molecular weight excluding hydrogens is 416 g/mol. The van der Waals surface area contributed by atoms with Gasteiger partial charge < -0.3 is 10.4 Å². The molecule has 1 amide bonds. The average Bonchev–Trinajstić information content (AvgIpc) is 2.70. The highest BCUT2D eigenvalue weighted by Crippen LogP contribution is 2.26. The summed E-state index contributed by atoms with van der Waals surface area (Å²) >= 11 is 0. The lowest BCUT2D eigenvalue weighted by Gasteiger charge is -2.22. The molecule has 3 unspecified atom stereocenters. The first-order valence-electron chi connectivity index (χ1n) is 8.26. The van der Waals surface area contributed by atoms with E-state index >= 15 is 0 Å². The second kappa shape index (κ2) is 9.31. The Labute approximate surface area is 164 Å². The van der Waals surface area contributed by atoms with E-state index in [1.165, 1.54) is 42.6 Å². The van der Waals surface area contributed by atoms with Gasteiger partial charge in [-0.1, -0.05) is 30.3 Å². The molecule has 11 heteroatoms. The predicted molar refractivity (Wildman–Crippen MR) is 97.2 cm³/mol. The molecule has 2 aromatic rings. The van der Waals surface area contributed by atoms with Crippen molar-refractivity contribution in [2.75, 3.05) is 12.9 Å². The Morgan fingerprint density at radius 1 is 1.10 bits per heavy atom. The minimum atomic E-state index is -3.94. The van der Waals surface area contributed by atoms with E-state index in [0.29, 0.717) is 11.1 Å². The summed E-state index contributed by atoms with van der Waals surface area (Å²) in [6.07, 6.45) is -2.86. The zero-order valence-corrected chi connectivity index (χ0v) is 15.9. The third-order valence-corrected chi connectivity index (χ3v) is 5.05. The van der Waals surface area contributed by atoms with E-state index in [1.807, 2.05) is 0 Å². The lowest BCUT2D eigenvalue weighted by atomic mass is 9.99. The Morgan fingerprint density at radius 3 is 2.14 bits per heavy atom. The Hall–Kier alpha value is -2.53. The van der Waals surface area contributed by atoms with Crippen LogP contribution in [0.15, 0.2) is 42.6 Å². The quantitative estimate of drug-likeness (QED) is 0.623. The smallest absolute Gasteiger partial charge is 0.315 e. The Kier molecular flexibility index (Phi) is 7.31. The molecule has 1 aromatic carbocycles. The van der Waals surface area contributed by atoms with Gasteiger partial charge in [-0.25, -0.2) is 17.2 Å². The fraction of sp³-hybridized carbons (Fsp3) is 0.333. The maximum Gasteiger partial charge on any atom is 0.315 e.